The first-order valence-electron chi connectivity index (χ1n) is 7.39. The summed E-state index contributed by atoms with van der Waals surface area (Å²) in [6.45, 7) is 3.88. The van der Waals surface area contributed by atoms with Gasteiger partial charge in [-0.25, -0.2) is 4.98 Å². The Labute approximate surface area is 139 Å². The van der Waals surface area contributed by atoms with E-state index in [1.807, 2.05) is 44.2 Å². The van der Waals surface area contributed by atoms with Crippen molar-refractivity contribution in [2.45, 2.75) is 31.0 Å². The van der Waals surface area contributed by atoms with Gasteiger partial charge in [0.25, 0.3) is 0 Å². The molecule has 0 amide bonds. The fourth-order valence-corrected chi connectivity index (χ4v) is 3.10. The van der Waals surface area contributed by atoms with E-state index in [2.05, 4.69) is 15.0 Å². The zero-order valence-electron chi connectivity index (χ0n) is 13.4. The summed E-state index contributed by atoms with van der Waals surface area (Å²) < 4.78 is 10.9. The molecule has 3 aromatic rings. The van der Waals surface area contributed by atoms with Crippen LogP contribution in [0.2, 0.25) is 0 Å². The second kappa shape index (κ2) is 7.02. The predicted molar refractivity (Wildman–Crippen MR) is 91.7 cm³/mol. The Morgan fingerprint density at radius 3 is 2.87 bits per heavy atom. The van der Waals surface area contributed by atoms with Crippen molar-refractivity contribution in [3.63, 3.8) is 0 Å². The summed E-state index contributed by atoms with van der Waals surface area (Å²) in [5.74, 6) is 1.53. The van der Waals surface area contributed by atoms with Crippen LogP contribution in [0.25, 0.3) is 11.0 Å². The van der Waals surface area contributed by atoms with Gasteiger partial charge in [0, 0.05) is 24.6 Å². The van der Waals surface area contributed by atoms with Gasteiger partial charge in [0.05, 0.1) is 16.7 Å². The third kappa shape index (κ3) is 3.65. The van der Waals surface area contributed by atoms with Crippen LogP contribution in [-0.2, 0) is 10.5 Å². The molecule has 0 aliphatic carbocycles. The lowest BCUT2D eigenvalue weighted by Crippen LogP contribution is -2.14. The molecule has 5 nitrogen and oxygen atoms in total. The molecule has 3 rings (SSSR count). The molecule has 1 atom stereocenters. The molecule has 0 radical (unpaired) electrons. The van der Waals surface area contributed by atoms with E-state index < -0.39 is 0 Å². The average Bonchev–Trinajstić information content (AvgIpc) is 2.98. The van der Waals surface area contributed by atoms with Crippen molar-refractivity contribution in [1.82, 2.24) is 15.0 Å². The number of nitrogens with zero attached hydrogens (tertiary/aromatic N) is 2. The van der Waals surface area contributed by atoms with Gasteiger partial charge in [0.2, 0.25) is 0 Å². The fraction of sp³-hybridized carbons (Fsp3) is 0.294. The Kier molecular flexibility index (Phi) is 4.83. The number of pyridine rings is 1. The fourth-order valence-electron chi connectivity index (χ4n) is 2.19. The molecule has 1 aromatic carbocycles. The molecule has 0 bridgehead atoms. The van der Waals surface area contributed by atoms with Crippen LogP contribution in [0.15, 0.2) is 41.7 Å². The summed E-state index contributed by atoms with van der Waals surface area (Å²) in [5, 5.41) is 0.893. The number of imidazole rings is 1. The highest BCUT2D eigenvalue weighted by atomic mass is 32.2. The van der Waals surface area contributed by atoms with E-state index >= 15 is 0 Å². The number of hydrogen-bond acceptors (Lipinski definition) is 5. The van der Waals surface area contributed by atoms with Crippen molar-refractivity contribution in [2.24, 2.45) is 0 Å². The van der Waals surface area contributed by atoms with Gasteiger partial charge < -0.3 is 14.5 Å². The van der Waals surface area contributed by atoms with Gasteiger partial charge in [0.15, 0.2) is 11.4 Å². The number of benzene rings is 1. The molecule has 23 heavy (non-hydrogen) atoms. The van der Waals surface area contributed by atoms with Crippen LogP contribution in [0.5, 0.6) is 5.75 Å². The number of H-pyrrole nitrogens is 1. The maximum Gasteiger partial charge on any atom is 0.196 e. The molecule has 0 aliphatic rings. The van der Waals surface area contributed by atoms with Crippen LogP contribution in [-0.4, -0.2) is 28.4 Å². The molecular formula is C17H19N3O2S. The smallest absolute Gasteiger partial charge is 0.196 e. The molecule has 0 spiro atoms. The van der Waals surface area contributed by atoms with Gasteiger partial charge in [-0.2, -0.15) is 0 Å². The van der Waals surface area contributed by atoms with Crippen molar-refractivity contribution < 1.29 is 9.47 Å². The largest absolute Gasteiger partial charge is 0.465 e. The normalized spacial score (nSPS) is 12.5. The minimum Gasteiger partial charge on any atom is -0.465 e. The van der Waals surface area contributed by atoms with E-state index in [1.165, 1.54) is 0 Å². The van der Waals surface area contributed by atoms with Crippen LogP contribution in [0.3, 0.4) is 0 Å². The quantitative estimate of drug-likeness (QED) is 0.548. The summed E-state index contributed by atoms with van der Waals surface area (Å²) in [6, 6.07) is 9.87. The third-order valence-corrected chi connectivity index (χ3v) is 4.48. The zero-order chi connectivity index (χ0) is 16.2. The van der Waals surface area contributed by atoms with Crippen molar-refractivity contribution >= 4 is 22.8 Å². The molecule has 2 heterocycles. The highest BCUT2D eigenvalue weighted by Crippen LogP contribution is 2.27. The molecule has 0 fully saturated rings. The predicted octanol–water partition coefficient (Wildman–Crippen LogP) is 3.93. The number of aromatic nitrogens is 3. The second-order valence-corrected chi connectivity index (χ2v) is 6.11. The van der Waals surface area contributed by atoms with Crippen LogP contribution < -0.4 is 4.74 Å². The summed E-state index contributed by atoms with van der Waals surface area (Å²) in [7, 11) is 1.62. The topological polar surface area (TPSA) is 60.0 Å². The summed E-state index contributed by atoms with van der Waals surface area (Å²) in [5.41, 5.74) is 4.03. The highest BCUT2D eigenvalue weighted by molar-refractivity contribution is 7.98. The number of fused-ring (bicyclic) bond motifs is 1. The molecular weight excluding hydrogens is 310 g/mol. The molecule has 1 N–H and O–H groups in total. The van der Waals surface area contributed by atoms with Crippen molar-refractivity contribution in [2.75, 3.05) is 7.11 Å². The number of thioether (sulfide) groups is 1. The van der Waals surface area contributed by atoms with Gasteiger partial charge in [-0.15, -0.1) is 0 Å². The third-order valence-electron chi connectivity index (χ3n) is 3.60. The number of rotatable bonds is 6. The standard InChI is InChI=1S/C17H19N3O2S/c1-11-15(18-9-8-16(11)22-12(2)21-3)10-23-17-19-13-6-4-5-7-14(13)20-17/h4-9,12H,10H2,1-3H3,(H,19,20)/t12-/m1/s1. The lowest BCUT2D eigenvalue weighted by atomic mass is 10.2. The highest BCUT2D eigenvalue weighted by Gasteiger charge is 2.11. The Hall–Kier alpha value is -2.05. The number of ether oxygens (including phenoxy) is 2. The molecule has 0 saturated carbocycles. The number of methoxy groups -OCH3 is 1. The lowest BCUT2D eigenvalue weighted by molar-refractivity contribution is -0.0387. The van der Waals surface area contributed by atoms with Crippen LogP contribution >= 0.6 is 11.8 Å². The van der Waals surface area contributed by atoms with E-state index in [0.29, 0.717) is 0 Å². The second-order valence-electron chi connectivity index (χ2n) is 5.15. The molecule has 0 unspecified atom stereocenters. The number of aromatic amines is 1. The van der Waals surface area contributed by atoms with Gasteiger partial charge >= 0.3 is 0 Å². The van der Waals surface area contributed by atoms with Crippen LogP contribution in [0, 0.1) is 6.92 Å². The van der Waals surface area contributed by atoms with E-state index in [-0.39, 0.29) is 6.29 Å². The minimum atomic E-state index is -0.285. The van der Waals surface area contributed by atoms with E-state index in [9.17, 15) is 0 Å². The van der Waals surface area contributed by atoms with Crippen molar-refractivity contribution in [3.05, 3.63) is 47.8 Å². The first-order chi connectivity index (χ1) is 11.2. The van der Waals surface area contributed by atoms with E-state index in [4.69, 9.17) is 9.47 Å². The Morgan fingerprint density at radius 1 is 1.26 bits per heavy atom. The molecule has 0 aliphatic heterocycles. The Balaban J connectivity index is 1.73. The first-order valence-corrected chi connectivity index (χ1v) is 8.37. The monoisotopic (exact) mass is 329 g/mol. The maximum atomic E-state index is 5.74. The summed E-state index contributed by atoms with van der Waals surface area (Å²) in [4.78, 5) is 12.3. The lowest BCUT2D eigenvalue weighted by Gasteiger charge is -2.15. The maximum absolute atomic E-state index is 5.74. The zero-order valence-corrected chi connectivity index (χ0v) is 14.2. The molecule has 120 valence electrons. The molecule has 0 saturated heterocycles. The van der Waals surface area contributed by atoms with Gasteiger partial charge in [-0.05, 0) is 32.0 Å². The molecule has 2 aromatic heterocycles. The SMILES string of the molecule is CO[C@@H](C)Oc1ccnc(CSc2nc3ccccc3[nH]2)c1C. The van der Waals surface area contributed by atoms with Crippen LogP contribution in [0.1, 0.15) is 18.2 Å². The van der Waals surface area contributed by atoms with Crippen LogP contribution in [0.4, 0.5) is 0 Å². The molecule has 6 heteroatoms. The number of hydrogen-bond donors (Lipinski definition) is 1. The number of para-hydroxylation sites is 2. The summed E-state index contributed by atoms with van der Waals surface area (Å²) >= 11 is 1.63. The summed E-state index contributed by atoms with van der Waals surface area (Å²) in [6.07, 6.45) is 1.48. The minimum absolute atomic E-state index is 0.285. The Bertz CT molecular complexity index is 770. The van der Waals surface area contributed by atoms with E-state index in [0.717, 1.165) is 38.9 Å². The Morgan fingerprint density at radius 2 is 2.09 bits per heavy atom. The van der Waals surface area contributed by atoms with Gasteiger partial charge in [-0.1, -0.05) is 23.9 Å². The average molecular weight is 329 g/mol. The first kappa shape index (κ1) is 15.8. The van der Waals surface area contributed by atoms with Gasteiger partial charge in [0.1, 0.15) is 5.75 Å². The van der Waals surface area contributed by atoms with Crippen molar-refractivity contribution in [1.29, 1.82) is 0 Å². The van der Waals surface area contributed by atoms with Crippen molar-refractivity contribution in [3.8, 4) is 5.75 Å². The van der Waals surface area contributed by atoms with Gasteiger partial charge in [-0.3, -0.25) is 4.98 Å². The number of nitrogens with one attached hydrogen (secondary N) is 1. The van der Waals surface area contributed by atoms with E-state index in [1.54, 1.807) is 25.1 Å².